The molecule has 0 aliphatic carbocycles. The van der Waals surface area contributed by atoms with E-state index in [1.165, 1.54) is 35.6 Å². The Morgan fingerprint density at radius 2 is 1.47 bits per heavy atom. The Kier molecular flexibility index (Phi) is 3.92. The summed E-state index contributed by atoms with van der Waals surface area (Å²) >= 11 is 0. The molecule has 0 unspecified atom stereocenters. The van der Waals surface area contributed by atoms with Crippen LogP contribution in [0.4, 0.5) is 0 Å². The van der Waals surface area contributed by atoms with Gasteiger partial charge in [-0.25, -0.2) is 26.3 Å². The minimum Gasteiger partial charge on any atom is -0.225 e. The molecule has 6 nitrogen and oxygen atoms in total. The van der Waals surface area contributed by atoms with Crippen LogP contribution in [0.15, 0.2) is 34.1 Å². The molecule has 96 valence electrons. The number of sulfonamides is 2. The second-order valence-corrected chi connectivity index (χ2v) is 7.04. The summed E-state index contributed by atoms with van der Waals surface area (Å²) in [5, 5.41) is 4.91. The molecule has 0 aliphatic rings. The van der Waals surface area contributed by atoms with E-state index in [9.17, 15) is 16.8 Å². The zero-order chi connectivity index (χ0) is 13.3. The third kappa shape index (κ3) is 3.03. The molecule has 0 saturated heterocycles. The number of nitrogens with two attached hydrogens (primary N) is 1. The summed E-state index contributed by atoms with van der Waals surface area (Å²) in [6.45, 7) is 2.04. The van der Waals surface area contributed by atoms with Crippen LogP contribution < -0.4 is 5.14 Å². The van der Waals surface area contributed by atoms with Gasteiger partial charge in [-0.05, 0) is 24.3 Å². The van der Waals surface area contributed by atoms with E-state index in [0.29, 0.717) is 6.54 Å². The van der Waals surface area contributed by atoms with Crippen molar-refractivity contribution >= 4 is 20.0 Å². The summed E-state index contributed by atoms with van der Waals surface area (Å²) in [6, 6.07) is 4.79. The normalized spacial score (nSPS) is 12.9. The highest BCUT2D eigenvalue weighted by atomic mass is 32.2. The van der Waals surface area contributed by atoms with Gasteiger partial charge >= 0.3 is 0 Å². The monoisotopic (exact) mass is 278 g/mol. The Labute approximate surface area is 101 Å². The van der Waals surface area contributed by atoms with Crippen molar-refractivity contribution in [2.24, 2.45) is 5.14 Å². The number of nitrogens with zero attached hydrogens (tertiary/aromatic N) is 1. The Morgan fingerprint density at radius 3 is 1.82 bits per heavy atom. The maximum absolute atomic E-state index is 11.9. The summed E-state index contributed by atoms with van der Waals surface area (Å²) in [4.78, 5) is -0.0788. The van der Waals surface area contributed by atoms with Crippen LogP contribution in [-0.4, -0.2) is 34.7 Å². The summed E-state index contributed by atoms with van der Waals surface area (Å²) in [6.07, 6.45) is 0. The van der Waals surface area contributed by atoms with Gasteiger partial charge in [0.25, 0.3) is 0 Å². The molecule has 0 atom stereocenters. The van der Waals surface area contributed by atoms with Crippen molar-refractivity contribution in [3.63, 3.8) is 0 Å². The molecule has 0 saturated carbocycles. The molecule has 0 fully saturated rings. The van der Waals surface area contributed by atoms with Gasteiger partial charge in [0, 0.05) is 13.6 Å². The van der Waals surface area contributed by atoms with Crippen molar-refractivity contribution in [3.05, 3.63) is 24.3 Å². The number of primary sulfonamides is 1. The first-order valence-electron chi connectivity index (χ1n) is 4.79. The van der Waals surface area contributed by atoms with Gasteiger partial charge in [-0.3, -0.25) is 0 Å². The first-order valence-corrected chi connectivity index (χ1v) is 7.77. The van der Waals surface area contributed by atoms with Crippen molar-refractivity contribution < 1.29 is 16.8 Å². The fraction of sp³-hybridized carbons (Fsp3) is 0.333. The molecule has 0 spiro atoms. The Bertz CT molecular complexity index is 590. The highest BCUT2D eigenvalue weighted by Gasteiger charge is 2.19. The molecule has 1 aromatic rings. The van der Waals surface area contributed by atoms with Crippen LogP contribution in [0.2, 0.25) is 0 Å². The molecule has 0 heterocycles. The second-order valence-electron chi connectivity index (χ2n) is 3.44. The van der Waals surface area contributed by atoms with E-state index in [0.717, 1.165) is 0 Å². The molecule has 1 rings (SSSR count). The molecule has 0 aliphatic heterocycles. The van der Waals surface area contributed by atoms with Gasteiger partial charge in [-0.1, -0.05) is 6.92 Å². The Hall–Kier alpha value is -0.960. The molecule has 0 bridgehead atoms. The summed E-state index contributed by atoms with van der Waals surface area (Å²) in [5.41, 5.74) is 0. The van der Waals surface area contributed by atoms with E-state index in [1.807, 2.05) is 0 Å². The maximum atomic E-state index is 11.9. The molecular weight excluding hydrogens is 264 g/mol. The highest BCUT2D eigenvalue weighted by molar-refractivity contribution is 7.89. The number of hydrogen-bond acceptors (Lipinski definition) is 4. The largest absolute Gasteiger partial charge is 0.242 e. The van der Waals surface area contributed by atoms with E-state index >= 15 is 0 Å². The zero-order valence-corrected chi connectivity index (χ0v) is 11.1. The maximum Gasteiger partial charge on any atom is 0.242 e. The predicted octanol–water partition coefficient (Wildman–Crippen LogP) is -0.0256. The molecule has 0 amide bonds. The zero-order valence-electron chi connectivity index (χ0n) is 9.49. The lowest BCUT2D eigenvalue weighted by Crippen LogP contribution is -2.26. The smallest absolute Gasteiger partial charge is 0.225 e. The number of hydrogen-bond donors (Lipinski definition) is 1. The second kappa shape index (κ2) is 4.73. The van der Waals surface area contributed by atoms with Crippen LogP contribution in [0.25, 0.3) is 0 Å². The molecule has 0 aromatic heterocycles. The molecule has 2 N–H and O–H groups in total. The molecule has 8 heteroatoms. The Balaban J connectivity index is 3.21. The summed E-state index contributed by atoms with van der Waals surface area (Å²) in [5.74, 6) is 0. The van der Waals surface area contributed by atoms with E-state index in [-0.39, 0.29) is 9.79 Å². The van der Waals surface area contributed by atoms with Crippen LogP contribution in [0.1, 0.15) is 6.92 Å². The fourth-order valence-electron chi connectivity index (χ4n) is 1.15. The SMILES string of the molecule is CCN(C)S(=O)(=O)c1ccc(S(N)(=O)=O)cc1. The molecule has 17 heavy (non-hydrogen) atoms. The molecule has 0 radical (unpaired) electrons. The third-order valence-electron chi connectivity index (χ3n) is 2.31. The van der Waals surface area contributed by atoms with Gasteiger partial charge < -0.3 is 0 Å². The van der Waals surface area contributed by atoms with Gasteiger partial charge in [0.05, 0.1) is 9.79 Å². The van der Waals surface area contributed by atoms with E-state index in [1.54, 1.807) is 6.92 Å². The van der Waals surface area contributed by atoms with Gasteiger partial charge in [0.15, 0.2) is 0 Å². The van der Waals surface area contributed by atoms with Gasteiger partial charge in [0.1, 0.15) is 0 Å². The molecular formula is C9H14N2O4S2. The van der Waals surface area contributed by atoms with Gasteiger partial charge in [-0.2, -0.15) is 0 Å². The average molecular weight is 278 g/mol. The van der Waals surface area contributed by atoms with Crippen molar-refractivity contribution in [3.8, 4) is 0 Å². The summed E-state index contributed by atoms with van der Waals surface area (Å²) < 4.78 is 46.9. The lowest BCUT2D eigenvalue weighted by Gasteiger charge is -2.14. The Morgan fingerprint density at radius 1 is 1.06 bits per heavy atom. The number of benzene rings is 1. The van der Waals surface area contributed by atoms with Crippen molar-refractivity contribution in [1.29, 1.82) is 0 Å². The fourth-order valence-corrected chi connectivity index (χ4v) is 2.85. The minimum absolute atomic E-state index is 0.0363. The van der Waals surface area contributed by atoms with Gasteiger partial charge in [-0.15, -0.1) is 0 Å². The van der Waals surface area contributed by atoms with Crippen molar-refractivity contribution in [2.45, 2.75) is 16.7 Å². The van der Waals surface area contributed by atoms with E-state index in [4.69, 9.17) is 5.14 Å². The van der Waals surface area contributed by atoms with Crippen LogP contribution in [0.3, 0.4) is 0 Å². The van der Waals surface area contributed by atoms with Crippen molar-refractivity contribution in [1.82, 2.24) is 4.31 Å². The van der Waals surface area contributed by atoms with Crippen LogP contribution in [-0.2, 0) is 20.0 Å². The lowest BCUT2D eigenvalue weighted by molar-refractivity contribution is 0.486. The first-order chi connectivity index (χ1) is 7.69. The minimum atomic E-state index is -3.80. The molecule has 1 aromatic carbocycles. The lowest BCUT2D eigenvalue weighted by atomic mass is 10.4. The standard InChI is InChI=1S/C9H14N2O4S2/c1-3-11(2)17(14,15)9-6-4-8(5-7-9)16(10,12)13/h4-7H,3H2,1-2H3,(H2,10,12,13). The van der Waals surface area contributed by atoms with Gasteiger partial charge in [0.2, 0.25) is 20.0 Å². The first kappa shape index (κ1) is 14.1. The summed E-state index contributed by atoms with van der Waals surface area (Å²) in [7, 11) is -5.91. The van der Waals surface area contributed by atoms with Crippen LogP contribution in [0.5, 0.6) is 0 Å². The van der Waals surface area contributed by atoms with E-state index in [2.05, 4.69) is 0 Å². The third-order valence-corrected chi connectivity index (χ3v) is 5.18. The average Bonchev–Trinajstić information content (AvgIpc) is 2.27. The number of rotatable bonds is 4. The quantitative estimate of drug-likeness (QED) is 0.836. The predicted molar refractivity (Wildman–Crippen MR) is 63.3 cm³/mol. The van der Waals surface area contributed by atoms with Crippen LogP contribution in [0, 0.1) is 0 Å². The van der Waals surface area contributed by atoms with Crippen LogP contribution >= 0.6 is 0 Å². The highest BCUT2D eigenvalue weighted by Crippen LogP contribution is 2.16. The topological polar surface area (TPSA) is 97.5 Å². The van der Waals surface area contributed by atoms with Crippen molar-refractivity contribution in [2.75, 3.05) is 13.6 Å². The van der Waals surface area contributed by atoms with E-state index < -0.39 is 20.0 Å².